The van der Waals surface area contributed by atoms with Gasteiger partial charge in [-0.05, 0) is 80.1 Å². The zero-order valence-corrected chi connectivity index (χ0v) is 20.8. The highest BCUT2D eigenvalue weighted by molar-refractivity contribution is 7.92. The van der Waals surface area contributed by atoms with Gasteiger partial charge in [0.2, 0.25) is 0 Å². The number of aromatic nitrogens is 3. The molecule has 1 saturated carbocycles. The van der Waals surface area contributed by atoms with Crippen molar-refractivity contribution in [2.45, 2.75) is 55.2 Å². The highest BCUT2D eigenvalue weighted by atomic mass is 32.2. The van der Waals surface area contributed by atoms with Crippen LogP contribution < -0.4 is 10.1 Å². The normalized spacial score (nSPS) is 18.6. The molecule has 194 valence electrons. The number of rotatable bonds is 6. The fraction of sp³-hybridized carbons (Fsp3) is 0.308. The predicted molar refractivity (Wildman–Crippen MR) is 133 cm³/mol. The molecule has 11 heteroatoms. The molecule has 1 fully saturated rings. The standard InChI is InChI=1S/C26H25F3N4O3S/c1-17-14-31-25-13-4-19(16-33(17)25)18-2-8-22(9-3-18)37(34,35)23-10-5-20(6-11-23)32-24-12-7-21(15-30-24)36-26(27,28)29/h2-4,7-9,12-16,20,23H,5-6,10-11H2,1H3,(H,30,32). The van der Waals surface area contributed by atoms with Crippen LogP contribution in [0.25, 0.3) is 16.8 Å². The summed E-state index contributed by atoms with van der Waals surface area (Å²) in [7, 11) is -3.49. The number of aryl methyl sites for hydroxylation is 1. The molecule has 0 unspecified atom stereocenters. The zero-order chi connectivity index (χ0) is 26.2. The van der Waals surface area contributed by atoms with Crippen molar-refractivity contribution in [1.29, 1.82) is 0 Å². The fourth-order valence-electron chi connectivity index (χ4n) is 4.69. The molecule has 1 N–H and O–H groups in total. The van der Waals surface area contributed by atoms with E-state index in [0.29, 0.717) is 36.4 Å². The van der Waals surface area contributed by atoms with Crippen LogP contribution in [0.2, 0.25) is 0 Å². The minimum Gasteiger partial charge on any atom is -0.404 e. The summed E-state index contributed by atoms with van der Waals surface area (Å²) in [6.07, 6.45) is 2.20. The lowest BCUT2D eigenvalue weighted by molar-refractivity contribution is -0.274. The molecule has 1 aliphatic carbocycles. The maximum atomic E-state index is 13.3. The summed E-state index contributed by atoms with van der Waals surface area (Å²) in [5, 5.41) is 2.68. The van der Waals surface area contributed by atoms with Gasteiger partial charge in [0.25, 0.3) is 0 Å². The number of sulfone groups is 1. The van der Waals surface area contributed by atoms with Crippen molar-refractivity contribution in [3.63, 3.8) is 0 Å². The molecule has 0 aliphatic heterocycles. The quantitative estimate of drug-likeness (QED) is 0.339. The van der Waals surface area contributed by atoms with Crippen LogP contribution in [0, 0.1) is 6.92 Å². The number of hydrogen-bond acceptors (Lipinski definition) is 6. The summed E-state index contributed by atoms with van der Waals surface area (Å²) in [6, 6.07) is 13.5. The lowest BCUT2D eigenvalue weighted by Crippen LogP contribution is -2.33. The van der Waals surface area contributed by atoms with Crippen LogP contribution in [0.1, 0.15) is 31.4 Å². The Morgan fingerprint density at radius 3 is 2.27 bits per heavy atom. The second kappa shape index (κ2) is 9.70. The average molecular weight is 531 g/mol. The Hall–Kier alpha value is -3.60. The first-order valence-electron chi connectivity index (χ1n) is 11.8. The van der Waals surface area contributed by atoms with E-state index in [0.717, 1.165) is 28.7 Å². The third kappa shape index (κ3) is 5.56. The van der Waals surface area contributed by atoms with Gasteiger partial charge >= 0.3 is 6.36 Å². The van der Waals surface area contributed by atoms with Gasteiger partial charge < -0.3 is 14.5 Å². The summed E-state index contributed by atoms with van der Waals surface area (Å²) >= 11 is 0. The van der Waals surface area contributed by atoms with Crippen LogP contribution in [-0.4, -0.2) is 40.4 Å². The fourth-order valence-corrected chi connectivity index (χ4v) is 6.48. The Labute approximate surface area is 212 Å². The molecule has 0 bridgehead atoms. The lowest BCUT2D eigenvalue weighted by atomic mass is 9.95. The largest absolute Gasteiger partial charge is 0.573 e. The minimum absolute atomic E-state index is 0.0164. The first-order valence-corrected chi connectivity index (χ1v) is 13.4. The second-order valence-electron chi connectivity index (χ2n) is 9.16. The van der Waals surface area contributed by atoms with E-state index in [1.54, 1.807) is 18.3 Å². The number of anilines is 1. The van der Waals surface area contributed by atoms with Crippen LogP contribution in [0.5, 0.6) is 5.75 Å². The van der Waals surface area contributed by atoms with E-state index in [-0.39, 0.29) is 6.04 Å². The number of pyridine rings is 2. The Balaban J connectivity index is 1.20. The smallest absolute Gasteiger partial charge is 0.404 e. The van der Waals surface area contributed by atoms with Gasteiger partial charge in [-0.3, -0.25) is 0 Å². The van der Waals surface area contributed by atoms with Gasteiger partial charge in [0.15, 0.2) is 9.84 Å². The van der Waals surface area contributed by atoms with Crippen molar-refractivity contribution in [2.75, 3.05) is 5.32 Å². The van der Waals surface area contributed by atoms with Gasteiger partial charge in [-0.25, -0.2) is 18.4 Å². The molecule has 5 rings (SSSR count). The summed E-state index contributed by atoms with van der Waals surface area (Å²) in [5.41, 5.74) is 3.76. The van der Waals surface area contributed by atoms with Crippen LogP contribution in [0.3, 0.4) is 0 Å². The first kappa shape index (κ1) is 25.1. The van der Waals surface area contributed by atoms with Crippen molar-refractivity contribution in [1.82, 2.24) is 14.4 Å². The molecule has 0 radical (unpaired) electrons. The molecular weight excluding hydrogens is 505 g/mol. The molecule has 4 aromatic rings. The molecule has 1 aliphatic rings. The average Bonchev–Trinajstić information content (AvgIpc) is 3.25. The van der Waals surface area contributed by atoms with Crippen LogP contribution in [-0.2, 0) is 9.84 Å². The number of halogens is 3. The van der Waals surface area contributed by atoms with Crippen molar-refractivity contribution in [2.24, 2.45) is 0 Å². The van der Waals surface area contributed by atoms with Crippen LogP contribution in [0.4, 0.5) is 19.0 Å². The lowest BCUT2D eigenvalue weighted by Gasteiger charge is -2.29. The number of imidazole rings is 1. The summed E-state index contributed by atoms with van der Waals surface area (Å²) < 4.78 is 69.3. The third-order valence-corrected chi connectivity index (χ3v) is 8.92. The zero-order valence-electron chi connectivity index (χ0n) is 19.9. The molecule has 3 heterocycles. The number of hydrogen-bond donors (Lipinski definition) is 1. The van der Waals surface area contributed by atoms with E-state index in [9.17, 15) is 21.6 Å². The van der Waals surface area contributed by atoms with E-state index >= 15 is 0 Å². The van der Waals surface area contributed by atoms with Crippen LogP contribution >= 0.6 is 0 Å². The van der Waals surface area contributed by atoms with Gasteiger partial charge in [-0.1, -0.05) is 12.1 Å². The van der Waals surface area contributed by atoms with Gasteiger partial charge in [-0.2, -0.15) is 0 Å². The first-order chi connectivity index (χ1) is 17.6. The topological polar surface area (TPSA) is 85.6 Å². The van der Waals surface area contributed by atoms with Gasteiger partial charge in [0, 0.05) is 24.1 Å². The molecule has 0 amide bonds. The number of nitrogens with one attached hydrogen (secondary N) is 1. The van der Waals surface area contributed by atoms with Gasteiger partial charge in [-0.15, -0.1) is 13.2 Å². The summed E-state index contributed by atoms with van der Waals surface area (Å²) in [5.74, 6) is 0.0248. The Morgan fingerprint density at radius 2 is 1.62 bits per heavy atom. The monoisotopic (exact) mass is 530 g/mol. The minimum atomic E-state index is -4.77. The van der Waals surface area contributed by atoms with Crippen molar-refractivity contribution in [3.05, 3.63) is 72.8 Å². The van der Waals surface area contributed by atoms with E-state index in [4.69, 9.17) is 0 Å². The summed E-state index contributed by atoms with van der Waals surface area (Å²) in [6.45, 7) is 1.98. The molecule has 3 aromatic heterocycles. The molecular formula is C26H25F3N4O3S. The van der Waals surface area contributed by atoms with Crippen LogP contribution in [0.15, 0.2) is 72.0 Å². The van der Waals surface area contributed by atoms with E-state index in [1.165, 1.54) is 12.1 Å². The van der Waals surface area contributed by atoms with Crippen molar-refractivity contribution in [3.8, 4) is 16.9 Å². The van der Waals surface area contributed by atoms with Gasteiger partial charge in [0.05, 0.1) is 16.3 Å². The maximum Gasteiger partial charge on any atom is 0.573 e. The molecule has 0 atom stereocenters. The number of fused-ring (bicyclic) bond motifs is 1. The molecule has 0 saturated heterocycles. The third-order valence-electron chi connectivity index (χ3n) is 6.64. The van der Waals surface area contributed by atoms with Crippen molar-refractivity contribution >= 4 is 21.3 Å². The number of ether oxygens (including phenoxy) is 1. The Morgan fingerprint density at radius 1 is 0.919 bits per heavy atom. The van der Waals surface area contributed by atoms with Gasteiger partial charge in [0.1, 0.15) is 17.2 Å². The molecule has 0 spiro atoms. The molecule has 1 aromatic carbocycles. The maximum absolute atomic E-state index is 13.3. The number of nitrogens with zero attached hydrogens (tertiary/aromatic N) is 3. The number of alkyl halides is 3. The summed E-state index contributed by atoms with van der Waals surface area (Å²) in [4.78, 5) is 8.59. The molecule has 7 nitrogen and oxygen atoms in total. The Bertz CT molecular complexity index is 1490. The number of benzene rings is 1. The highest BCUT2D eigenvalue weighted by Crippen LogP contribution is 2.32. The van der Waals surface area contributed by atoms with E-state index < -0.39 is 27.2 Å². The molecule has 37 heavy (non-hydrogen) atoms. The van der Waals surface area contributed by atoms with E-state index in [2.05, 4.69) is 20.0 Å². The second-order valence-corrected chi connectivity index (χ2v) is 11.4. The predicted octanol–water partition coefficient (Wildman–Crippen LogP) is 5.80. The SMILES string of the molecule is Cc1cnc2ccc(-c3ccc(S(=O)(=O)C4CCC(Nc5ccc(OC(F)(F)F)cn5)CC4)cc3)cn12. The Kier molecular flexibility index (Phi) is 6.57. The highest BCUT2D eigenvalue weighted by Gasteiger charge is 2.33. The van der Waals surface area contributed by atoms with Crippen molar-refractivity contribution < 1.29 is 26.3 Å². The van der Waals surface area contributed by atoms with E-state index in [1.807, 2.05) is 41.8 Å².